The lowest BCUT2D eigenvalue weighted by Crippen LogP contribution is -2.60. The van der Waals surface area contributed by atoms with E-state index in [-0.39, 0.29) is 22.2 Å². The summed E-state index contributed by atoms with van der Waals surface area (Å²) in [7, 11) is -10.5. The van der Waals surface area contributed by atoms with E-state index in [2.05, 4.69) is 0 Å². The van der Waals surface area contributed by atoms with E-state index < -0.39 is 32.0 Å². The van der Waals surface area contributed by atoms with Crippen molar-refractivity contribution in [2.24, 2.45) is 11.7 Å². The van der Waals surface area contributed by atoms with E-state index in [0.717, 1.165) is 0 Å². The molecule has 0 saturated carbocycles. The smallest absolute Gasteiger partial charge is 0.0445 e. The first-order valence-electron chi connectivity index (χ1n) is 9.12. The fourth-order valence-corrected chi connectivity index (χ4v) is 6.88. The van der Waals surface area contributed by atoms with Crippen LogP contribution in [0.3, 0.4) is 0 Å². The first-order valence-corrected chi connectivity index (χ1v) is 12.2. The van der Waals surface area contributed by atoms with Crippen LogP contribution in [0.1, 0.15) is 52.5 Å². The Morgan fingerprint density at radius 2 is 1.59 bits per heavy atom. The summed E-state index contributed by atoms with van der Waals surface area (Å²) in [6.07, 6.45) is 1.21. The Morgan fingerprint density at radius 1 is 1.00 bits per heavy atom. The van der Waals surface area contributed by atoms with E-state index in [1.807, 2.05) is 0 Å². The Bertz CT molecular complexity index is 961. The van der Waals surface area contributed by atoms with Crippen molar-refractivity contribution < 1.29 is 28.7 Å². The molecule has 7 nitrogen and oxygen atoms in total. The summed E-state index contributed by atoms with van der Waals surface area (Å²) < 4.78 is 24.3. The van der Waals surface area contributed by atoms with Crippen LogP contribution in [-0.4, -0.2) is 5.54 Å². The second-order valence-corrected chi connectivity index (χ2v) is 9.84. The van der Waals surface area contributed by atoms with E-state index >= 15 is 0 Å². The van der Waals surface area contributed by atoms with Crippen molar-refractivity contribution in [3.63, 3.8) is 0 Å². The van der Waals surface area contributed by atoms with Crippen LogP contribution in [0.2, 0.25) is 0 Å². The number of hydrogen-bond acceptors (Lipinski definition) is 7. The Morgan fingerprint density at radius 3 is 1.96 bits per heavy atom. The summed E-state index contributed by atoms with van der Waals surface area (Å²) in [5, 5.41) is -0.774. The zero-order valence-corrected chi connectivity index (χ0v) is 17.8. The fourth-order valence-electron chi connectivity index (χ4n) is 4.49. The molecule has 2 unspecified atom stereocenters. The topological polar surface area (TPSA) is 152 Å². The number of nitrogens with two attached hydrogens (primary N) is 1. The summed E-state index contributed by atoms with van der Waals surface area (Å²) in [5.74, 6) is -0.774. The highest BCUT2D eigenvalue weighted by Crippen LogP contribution is 2.50. The first-order chi connectivity index (χ1) is 12.4. The summed E-state index contributed by atoms with van der Waals surface area (Å²) in [6, 6.07) is 2.86. The van der Waals surface area contributed by atoms with Crippen LogP contribution in [0, 0.1) is 5.92 Å². The number of hydrogen-bond donors (Lipinski definition) is 1. The van der Waals surface area contributed by atoms with Crippen LogP contribution >= 0.6 is 15.2 Å². The Balaban J connectivity index is 3.35. The van der Waals surface area contributed by atoms with Gasteiger partial charge in [0.05, 0.1) is 0 Å². The number of fused-ring (bicyclic) bond motifs is 1. The van der Waals surface area contributed by atoms with Gasteiger partial charge in [0.15, 0.2) is 0 Å². The molecule has 1 aliphatic rings. The Hall–Kier alpha value is -0.780. The number of rotatable bonds is 6. The predicted octanol–water partition coefficient (Wildman–Crippen LogP) is -1.48. The highest BCUT2D eigenvalue weighted by molar-refractivity contribution is 7.60. The maximum atomic E-state index is 12.2. The van der Waals surface area contributed by atoms with Crippen molar-refractivity contribution in [3.8, 4) is 0 Å². The fraction of sp³-hybridized carbons (Fsp3) is 0.556. The zero-order chi connectivity index (χ0) is 20.8. The lowest BCUT2D eigenvalue weighted by Gasteiger charge is -2.49. The van der Waals surface area contributed by atoms with Crippen LogP contribution in [-0.2, 0) is 15.6 Å². The minimum absolute atomic E-state index is 0.0145. The van der Waals surface area contributed by atoms with Crippen LogP contribution < -0.4 is 41.0 Å². The van der Waals surface area contributed by atoms with Crippen molar-refractivity contribution in [2.45, 2.75) is 58.9 Å². The van der Waals surface area contributed by atoms with Crippen LogP contribution in [0.5, 0.6) is 0 Å². The molecule has 0 aromatic heterocycles. The second kappa shape index (κ2) is 7.57. The van der Waals surface area contributed by atoms with Gasteiger partial charge in [0.2, 0.25) is 0 Å². The van der Waals surface area contributed by atoms with Gasteiger partial charge in [0.25, 0.3) is 0 Å². The average molecular weight is 413 g/mol. The summed E-state index contributed by atoms with van der Waals surface area (Å²) in [4.78, 5) is 48.6. The molecule has 0 radical (unpaired) electrons. The molecule has 0 heterocycles. The molecule has 0 saturated heterocycles. The summed E-state index contributed by atoms with van der Waals surface area (Å²) in [6.45, 7) is 6.99. The molecular formula is C18H25NO6P2-4. The molecule has 152 valence electrons. The van der Waals surface area contributed by atoms with Crippen LogP contribution in [0.25, 0.3) is 10.9 Å². The summed E-state index contributed by atoms with van der Waals surface area (Å²) in [5.41, 5.74) is 6.22. The molecule has 1 aromatic carbocycles. The van der Waals surface area contributed by atoms with Gasteiger partial charge in [-0.15, -0.1) is 0 Å². The third kappa shape index (κ3) is 3.63. The van der Waals surface area contributed by atoms with Crippen LogP contribution in [0.4, 0.5) is 0 Å². The lowest BCUT2D eigenvalue weighted by atomic mass is 9.70. The van der Waals surface area contributed by atoms with Gasteiger partial charge in [-0.3, -0.25) is 0 Å². The van der Waals surface area contributed by atoms with Gasteiger partial charge < -0.3 is 34.4 Å². The largest absolute Gasteiger partial charge is 0.808 e. The van der Waals surface area contributed by atoms with Crippen molar-refractivity contribution in [3.05, 3.63) is 28.1 Å². The van der Waals surface area contributed by atoms with Gasteiger partial charge in [-0.05, 0) is 73.1 Å². The van der Waals surface area contributed by atoms with Gasteiger partial charge >= 0.3 is 0 Å². The molecule has 0 fully saturated rings. The molecule has 0 amide bonds. The molecule has 9 heteroatoms. The normalized spacial score (nSPS) is 23.5. The van der Waals surface area contributed by atoms with Crippen LogP contribution in [0.15, 0.2) is 12.1 Å². The molecule has 0 bridgehead atoms. The minimum Gasteiger partial charge on any atom is -0.808 e. The Kier molecular flexibility index (Phi) is 6.31. The molecule has 2 atom stereocenters. The van der Waals surface area contributed by atoms with Gasteiger partial charge in [0.1, 0.15) is 0 Å². The quantitative estimate of drug-likeness (QED) is 0.558. The lowest BCUT2D eigenvalue weighted by molar-refractivity contribution is -0.310. The highest BCUT2D eigenvalue weighted by Gasteiger charge is 2.41. The van der Waals surface area contributed by atoms with Crippen molar-refractivity contribution in [2.75, 3.05) is 0 Å². The van der Waals surface area contributed by atoms with E-state index in [1.54, 1.807) is 27.7 Å². The molecule has 1 aromatic rings. The Labute approximate surface area is 159 Å². The van der Waals surface area contributed by atoms with E-state index in [0.29, 0.717) is 30.4 Å². The third-order valence-electron chi connectivity index (χ3n) is 5.65. The number of aryl methyl sites for hydroxylation is 1. The highest BCUT2D eigenvalue weighted by atomic mass is 31.2. The van der Waals surface area contributed by atoms with Crippen molar-refractivity contribution in [1.29, 1.82) is 0 Å². The average Bonchev–Trinajstić information content (AvgIpc) is 2.57. The first kappa shape index (κ1) is 22.5. The van der Waals surface area contributed by atoms with Gasteiger partial charge in [-0.2, -0.15) is 0 Å². The van der Waals surface area contributed by atoms with Gasteiger partial charge in [0, 0.05) is 11.5 Å². The van der Waals surface area contributed by atoms with Gasteiger partial charge in [-0.1, -0.05) is 39.8 Å². The standard InChI is InChI=1S/C18H29NO6P2/c1-5-11-9-10-12-15(16(11)26(20,21)22)13(6-2)18(19,8-4)14(7-3)17(12)27(23,24)25/h9-10,14H,5-8,19H2,1-4H3,(H2,20,21,22)(H2,23,24,25)/p-4. The van der Waals surface area contributed by atoms with Crippen molar-refractivity contribution in [1.82, 2.24) is 0 Å². The molecule has 0 aliphatic heterocycles. The molecule has 2 rings (SSSR count). The molecule has 2 N–H and O–H groups in total. The maximum Gasteiger partial charge on any atom is 0.0445 e. The zero-order valence-electron chi connectivity index (χ0n) is 16.0. The molecule has 1 aliphatic carbocycles. The SMILES string of the molecule is CCC1=c2c(P(=O)([O-])[O-])c(CC)ccc2=C(P(=O)([O-])[O-])C(CC)C1(N)CC. The van der Waals surface area contributed by atoms with Crippen molar-refractivity contribution >= 4 is 31.4 Å². The monoisotopic (exact) mass is 413 g/mol. The number of benzene rings is 1. The van der Waals surface area contributed by atoms with E-state index in [9.17, 15) is 28.7 Å². The second-order valence-electron chi connectivity index (χ2n) is 6.92. The van der Waals surface area contributed by atoms with E-state index in [1.165, 1.54) is 12.1 Å². The van der Waals surface area contributed by atoms with E-state index in [4.69, 9.17) is 5.73 Å². The maximum absolute atomic E-state index is 12.2. The summed E-state index contributed by atoms with van der Waals surface area (Å²) >= 11 is 0. The predicted molar refractivity (Wildman–Crippen MR) is 98.0 cm³/mol. The third-order valence-corrected chi connectivity index (χ3v) is 7.85. The molecular weight excluding hydrogens is 388 g/mol. The van der Waals surface area contributed by atoms with Gasteiger partial charge in [-0.25, -0.2) is 0 Å². The minimum atomic E-state index is -5.24. The molecule has 0 spiro atoms. The molecule has 27 heavy (non-hydrogen) atoms.